The predicted octanol–water partition coefficient (Wildman–Crippen LogP) is 5.23. The van der Waals surface area contributed by atoms with Gasteiger partial charge in [-0.15, -0.1) is 0 Å². The topological polar surface area (TPSA) is 84.9 Å². The largest absolute Gasteiger partial charge is 0.454 e. The highest BCUT2D eigenvalue weighted by molar-refractivity contribution is 5.95. The number of ketones is 1. The molecule has 0 unspecified atom stereocenters. The number of aryl methyl sites for hydroxylation is 1. The molecule has 1 fully saturated rings. The van der Waals surface area contributed by atoms with Gasteiger partial charge in [0.2, 0.25) is 6.79 Å². The molecule has 0 saturated heterocycles. The van der Waals surface area contributed by atoms with Gasteiger partial charge in [-0.25, -0.2) is 0 Å². The van der Waals surface area contributed by atoms with Crippen molar-refractivity contribution in [1.29, 1.82) is 0 Å². The van der Waals surface area contributed by atoms with Gasteiger partial charge in [-0.05, 0) is 84.7 Å². The fourth-order valence-electron chi connectivity index (χ4n) is 4.83. The number of carbonyl (C=O) groups is 2. The maximum atomic E-state index is 13.4. The quantitative estimate of drug-likeness (QED) is 0.381. The minimum atomic E-state index is -0.432. The van der Waals surface area contributed by atoms with Crippen LogP contribution in [-0.4, -0.2) is 36.7 Å². The third kappa shape index (κ3) is 4.86. The van der Waals surface area contributed by atoms with E-state index in [2.05, 4.69) is 24.4 Å². The number of aliphatic hydroxyl groups excluding tert-OH is 1. The molecule has 190 valence electrons. The lowest BCUT2D eigenvalue weighted by atomic mass is 9.87. The average molecular weight is 490 g/mol. The summed E-state index contributed by atoms with van der Waals surface area (Å²) in [5, 5.41) is 11.7. The number of ether oxygens (including phenoxy) is 2. The number of nitrogens with one attached hydrogen (secondary N) is 1. The number of amides is 1. The van der Waals surface area contributed by atoms with Crippen LogP contribution in [0, 0.1) is 6.92 Å². The molecule has 1 aliphatic carbocycles. The molecular formula is C30H35NO5. The molecule has 1 aliphatic heterocycles. The van der Waals surface area contributed by atoms with Gasteiger partial charge in [-0.2, -0.15) is 0 Å². The van der Waals surface area contributed by atoms with Crippen molar-refractivity contribution in [2.75, 3.05) is 19.9 Å². The summed E-state index contributed by atoms with van der Waals surface area (Å²) in [5.74, 6) is 1.56. The Hall–Kier alpha value is -3.64. The highest BCUT2D eigenvalue weighted by Crippen LogP contribution is 2.51. The van der Waals surface area contributed by atoms with Crippen LogP contribution in [-0.2, 0) is 16.6 Å². The summed E-state index contributed by atoms with van der Waals surface area (Å²) in [6.07, 6.45) is 3.51. The van der Waals surface area contributed by atoms with Crippen molar-refractivity contribution in [2.24, 2.45) is 0 Å². The summed E-state index contributed by atoms with van der Waals surface area (Å²) in [5.41, 5.74) is 5.35. The van der Waals surface area contributed by atoms with Crippen molar-refractivity contribution in [3.8, 4) is 22.6 Å². The van der Waals surface area contributed by atoms with E-state index in [9.17, 15) is 9.59 Å². The summed E-state index contributed by atoms with van der Waals surface area (Å²) >= 11 is 0. The van der Waals surface area contributed by atoms with Crippen LogP contribution >= 0.6 is 0 Å². The van der Waals surface area contributed by atoms with E-state index in [1.54, 1.807) is 0 Å². The fraction of sp³-hybridized carbons (Fsp3) is 0.333. The molecule has 2 N–H and O–H groups in total. The first-order valence-corrected chi connectivity index (χ1v) is 12.5. The van der Waals surface area contributed by atoms with Crippen LogP contribution in [0.5, 0.6) is 11.5 Å². The van der Waals surface area contributed by atoms with Gasteiger partial charge in [0.05, 0.1) is 5.41 Å². The van der Waals surface area contributed by atoms with Gasteiger partial charge in [0.15, 0.2) is 11.5 Å². The molecule has 6 heteroatoms. The van der Waals surface area contributed by atoms with E-state index in [1.165, 1.54) is 0 Å². The normalized spacial score (nSPS) is 14.9. The van der Waals surface area contributed by atoms with Crippen molar-refractivity contribution in [3.63, 3.8) is 0 Å². The number of hydrogen-bond acceptors (Lipinski definition) is 5. The lowest BCUT2D eigenvalue weighted by molar-refractivity contribution is -0.120. The monoisotopic (exact) mass is 489 g/mol. The number of fused-ring (bicyclic) bond motifs is 1. The van der Waals surface area contributed by atoms with Crippen molar-refractivity contribution >= 4 is 11.7 Å². The SMILES string of the molecule is Cc1ccc(CC(=O)C2(c3ccc4c(c3)OCO4)CC2)cc1-c1ccc(C(=O)NCCCCO)cc1.[HH].[HH]. The summed E-state index contributed by atoms with van der Waals surface area (Å²) < 4.78 is 10.9. The number of benzene rings is 3. The van der Waals surface area contributed by atoms with Gasteiger partial charge in [0.25, 0.3) is 5.91 Å². The highest BCUT2D eigenvalue weighted by Gasteiger charge is 2.50. The van der Waals surface area contributed by atoms with Crippen molar-refractivity contribution in [3.05, 3.63) is 82.9 Å². The molecule has 3 aromatic carbocycles. The van der Waals surface area contributed by atoms with Crippen LogP contribution < -0.4 is 14.8 Å². The Bertz CT molecular complexity index is 1290. The molecule has 0 radical (unpaired) electrons. The first-order valence-electron chi connectivity index (χ1n) is 12.5. The van der Waals surface area contributed by atoms with Gasteiger partial charge < -0.3 is 19.9 Å². The molecular weight excluding hydrogens is 454 g/mol. The summed E-state index contributed by atoms with van der Waals surface area (Å²) in [6, 6.07) is 19.6. The minimum Gasteiger partial charge on any atom is -0.454 e. The van der Waals surface area contributed by atoms with Crippen LogP contribution in [0.1, 0.15) is 55.6 Å². The summed E-state index contributed by atoms with van der Waals surface area (Å²) in [7, 11) is 0. The van der Waals surface area contributed by atoms with E-state index >= 15 is 0 Å². The third-order valence-corrected chi connectivity index (χ3v) is 7.20. The molecule has 0 atom stereocenters. The number of hydrogen-bond donors (Lipinski definition) is 2. The number of Topliss-reactive ketones (excluding diaryl/α,β-unsaturated/α-hetero) is 1. The predicted molar refractivity (Wildman–Crippen MR) is 142 cm³/mol. The van der Waals surface area contributed by atoms with Gasteiger partial charge >= 0.3 is 0 Å². The van der Waals surface area contributed by atoms with E-state index in [4.69, 9.17) is 14.6 Å². The smallest absolute Gasteiger partial charge is 0.251 e. The zero-order chi connectivity index (χ0) is 25.1. The molecule has 1 heterocycles. The zero-order valence-electron chi connectivity index (χ0n) is 20.5. The van der Waals surface area contributed by atoms with E-state index in [0.717, 1.165) is 52.8 Å². The second-order valence-corrected chi connectivity index (χ2v) is 9.66. The van der Waals surface area contributed by atoms with Crippen LogP contribution in [0.3, 0.4) is 0 Å². The van der Waals surface area contributed by atoms with Gasteiger partial charge in [0, 0.05) is 28.0 Å². The van der Waals surface area contributed by atoms with Crippen LogP contribution in [0.25, 0.3) is 11.1 Å². The molecule has 5 rings (SSSR count). The van der Waals surface area contributed by atoms with E-state index in [-0.39, 0.29) is 27.9 Å². The Morgan fingerprint density at radius 1 is 0.972 bits per heavy atom. The molecule has 1 amide bonds. The van der Waals surface area contributed by atoms with Gasteiger partial charge in [0.1, 0.15) is 5.78 Å². The summed E-state index contributed by atoms with van der Waals surface area (Å²) in [4.78, 5) is 25.8. The third-order valence-electron chi connectivity index (χ3n) is 7.20. The number of rotatable bonds is 10. The molecule has 2 aliphatic rings. The number of aliphatic hydroxyl groups is 1. The van der Waals surface area contributed by atoms with Crippen molar-refractivity contribution < 1.29 is 27.0 Å². The molecule has 0 spiro atoms. The van der Waals surface area contributed by atoms with Crippen molar-refractivity contribution in [1.82, 2.24) is 5.32 Å². The molecule has 1 saturated carbocycles. The Labute approximate surface area is 214 Å². The molecule has 3 aromatic rings. The number of unbranched alkanes of at least 4 members (excludes halogenated alkanes) is 1. The first kappa shape index (κ1) is 24.1. The molecule has 36 heavy (non-hydrogen) atoms. The number of carbonyl (C=O) groups excluding carboxylic acids is 2. The second kappa shape index (κ2) is 10.2. The highest BCUT2D eigenvalue weighted by atomic mass is 16.7. The van der Waals surface area contributed by atoms with Gasteiger partial charge in [-0.1, -0.05) is 36.4 Å². The van der Waals surface area contributed by atoms with Gasteiger partial charge in [-0.3, -0.25) is 9.59 Å². The first-order chi connectivity index (χ1) is 17.5. The Morgan fingerprint density at radius 2 is 1.75 bits per heavy atom. The van der Waals surface area contributed by atoms with Crippen LogP contribution in [0.2, 0.25) is 0 Å². The van der Waals surface area contributed by atoms with E-state index in [1.807, 2.05) is 48.5 Å². The van der Waals surface area contributed by atoms with Crippen molar-refractivity contribution in [2.45, 2.75) is 44.4 Å². The molecule has 6 nitrogen and oxygen atoms in total. The van der Waals surface area contributed by atoms with Crippen LogP contribution in [0.4, 0.5) is 0 Å². The Kier molecular flexibility index (Phi) is 6.79. The van der Waals surface area contributed by atoms with E-state index in [0.29, 0.717) is 30.7 Å². The second-order valence-electron chi connectivity index (χ2n) is 9.66. The minimum absolute atomic E-state index is 0. The van der Waals surface area contributed by atoms with Crippen LogP contribution in [0.15, 0.2) is 60.7 Å². The molecule has 0 bridgehead atoms. The summed E-state index contributed by atoms with van der Waals surface area (Å²) in [6.45, 7) is 2.96. The van der Waals surface area contributed by atoms with E-state index < -0.39 is 5.41 Å². The Balaban J connectivity index is 0.00000200. The lowest BCUT2D eigenvalue weighted by Crippen LogP contribution is -2.24. The maximum Gasteiger partial charge on any atom is 0.251 e. The lowest BCUT2D eigenvalue weighted by Gasteiger charge is -2.16. The zero-order valence-corrected chi connectivity index (χ0v) is 20.5. The fourth-order valence-corrected chi connectivity index (χ4v) is 4.83. The average Bonchev–Trinajstić information content (AvgIpc) is 3.58. The Morgan fingerprint density at radius 3 is 2.50 bits per heavy atom. The standard InChI is InChI=1S/C30H31NO5.2H2/c1-20-4-5-21(16-25(20)22-6-8-23(9-7-22)29(34)31-14-2-3-15-32)17-28(33)30(12-13-30)24-10-11-26-27(18-24)36-19-35-26;;/h4-11,16,18,32H,2-3,12-15,17,19H2,1H3,(H,31,34);2*1H. The maximum absolute atomic E-state index is 13.4. The molecule has 0 aromatic heterocycles.